The van der Waals surface area contributed by atoms with Gasteiger partial charge in [-0.1, -0.05) is 24.3 Å². The van der Waals surface area contributed by atoms with Crippen molar-refractivity contribution in [1.29, 1.82) is 0 Å². The minimum absolute atomic E-state index is 0.117. The van der Waals surface area contributed by atoms with E-state index >= 15 is 0 Å². The van der Waals surface area contributed by atoms with Gasteiger partial charge in [0.05, 0.1) is 0 Å². The summed E-state index contributed by atoms with van der Waals surface area (Å²) in [5.41, 5.74) is 2.47. The maximum atomic E-state index is 12.3. The first-order valence-corrected chi connectivity index (χ1v) is 8.10. The maximum absolute atomic E-state index is 12.3. The number of anilines is 2. The van der Waals surface area contributed by atoms with Gasteiger partial charge in [-0.05, 0) is 30.3 Å². The highest BCUT2D eigenvalue weighted by Crippen LogP contribution is 2.21. The third kappa shape index (κ3) is 3.74. The van der Waals surface area contributed by atoms with Crippen LogP contribution in [0.25, 0.3) is 0 Å². The van der Waals surface area contributed by atoms with Gasteiger partial charge in [0, 0.05) is 50.0 Å². The number of hydrogen-bond donors (Lipinski definition) is 1. The second-order valence-corrected chi connectivity index (χ2v) is 5.86. The molecule has 0 radical (unpaired) electrons. The summed E-state index contributed by atoms with van der Waals surface area (Å²) in [6.07, 6.45) is 0. The second kappa shape index (κ2) is 7.17. The fourth-order valence-electron chi connectivity index (χ4n) is 2.85. The number of carbonyl (C=O) groups is 2. The van der Waals surface area contributed by atoms with Crippen molar-refractivity contribution in [3.05, 3.63) is 60.2 Å². The first kappa shape index (κ1) is 16.1. The van der Waals surface area contributed by atoms with Crippen LogP contribution in [0.1, 0.15) is 17.3 Å². The van der Waals surface area contributed by atoms with Crippen LogP contribution in [0.3, 0.4) is 0 Å². The lowest BCUT2D eigenvalue weighted by Crippen LogP contribution is -2.48. The van der Waals surface area contributed by atoms with E-state index in [-0.39, 0.29) is 11.8 Å². The summed E-state index contributed by atoms with van der Waals surface area (Å²) in [5, 5.41) is 2.93. The maximum Gasteiger partial charge on any atom is 0.255 e. The van der Waals surface area contributed by atoms with Crippen molar-refractivity contribution in [2.45, 2.75) is 6.92 Å². The zero-order valence-corrected chi connectivity index (χ0v) is 13.7. The van der Waals surface area contributed by atoms with E-state index in [0.29, 0.717) is 5.56 Å². The molecule has 0 unspecified atom stereocenters. The molecule has 1 aliphatic heterocycles. The SMILES string of the molecule is CC(=O)N1CCN(c2cccc(NC(=O)c3ccccc3)c2)CC1. The van der Waals surface area contributed by atoms with Crippen LogP contribution in [-0.2, 0) is 4.79 Å². The zero-order valence-electron chi connectivity index (χ0n) is 13.7. The molecule has 0 atom stereocenters. The van der Waals surface area contributed by atoms with E-state index in [4.69, 9.17) is 0 Å². The quantitative estimate of drug-likeness (QED) is 0.945. The molecular weight excluding hydrogens is 302 g/mol. The summed E-state index contributed by atoms with van der Waals surface area (Å²) in [6, 6.07) is 17.0. The van der Waals surface area contributed by atoms with Gasteiger partial charge in [0.1, 0.15) is 0 Å². The van der Waals surface area contributed by atoms with Crippen LogP contribution >= 0.6 is 0 Å². The van der Waals surface area contributed by atoms with Crippen LogP contribution < -0.4 is 10.2 Å². The highest BCUT2D eigenvalue weighted by molar-refractivity contribution is 6.04. The standard InChI is InChI=1S/C19H21N3O2/c1-15(23)21-10-12-22(13-11-21)18-9-5-8-17(14-18)20-19(24)16-6-3-2-4-7-16/h2-9,14H,10-13H2,1H3,(H,20,24). The van der Waals surface area contributed by atoms with Crippen molar-refractivity contribution >= 4 is 23.2 Å². The lowest BCUT2D eigenvalue weighted by Gasteiger charge is -2.35. The molecule has 5 nitrogen and oxygen atoms in total. The molecule has 1 N–H and O–H groups in total. The van der Waals surface area contributed by atoms with E-state index in [2.05, 4.69) is 10.2 Å². The molecule has 2 aromatic carbocycles. The molecule has 2 amide bonds. The molecule has 1 aliphatic rings. The lowest BCUT2D eigenvalue weighted by molar-refractivity contribution is -0.129. The Balaban J connectivity index is 1.67. The van der Waals surface area contributed by atoms with Crippen LogP contribution in [0.15, 0.2) is 54.6 Å². The van der Waals surface area contributed by atoms with Gasteiger partial charge in [-0.3, -0.25) is 9.59 Å². The van der Waals surface area contributed by atoms with Gasteiger partial charge in [0.2, 0.25) is 5.91 Å². The van der Waals surface area contributed by atoms with Gasteiger partial charge in [-0.15, -0.1) is 0 Å². The Kier molecular flexibility index (Phi) is 4.79. The first-order valence-electron chi connectivity index (χ1n) is 8.10. The highest BCUT2D eigenvalue weighted by Gasteiger charge is 2.19. The highest BCUT2D eigenvalue weighted by atomic mass is 16.2. The normalized spacial score (nSPS) is 14.4. The average molecular weight is 323 g/mol. The molecule has 1 saturated heterocycles. The molecule has 24 heavy (non-hydrogen) atoms. The number of benzene rings is 2. The van der Waals surface area contributed by atoms with Crippen molar-refractivity contribution < 1.29 is 9.59 Å². The van der Waals surface area contributed by atoms with Gasteiger partial charge in [-0.25, -0.2) is 0 Å². The summed E-state index contributed by atoms with van der Waals surface area (Å²) < 4.78 is 0. The number of carbonyl (C=O) groups excluding carboxylic acids is 2. The fraction of sp³-hybridized carbons (Fsp3) is 0.263. The molecule has 124 valence electrons. The summed E-state index contributed by atoms with van der Waals surface area (Å²) in [6.45, 7) is 4.67. The Hall–Kier alpha value is -2.82. The third-order valence-electron chi connectivity index (χ3n) is 4.23. The molecular formula is C19H21N3O2. The van der Waals surface area contributed by atoms with Crippen LogP contribution in [0.2, 0.25) is 0 Å². The minimum Gasteiger partial charge on any atom is -0.368 e. The predicted molar refractivity (Wildman–Crippen MR) is 95.3 cm³/mol. The van der Waals surface area contributed by atoms with Crippen LogP contribution in [-0.4, -0.2) is 42.9 Å². The summed E-state index contributed by atoms with van der Waals surface area (Å²) in [7, 11) is 0. The summed E-state index contributed by atoms with van der Waals surface area (Å²) in [4.78, 5) is 27.8. The monoisotopic (exact) mass is 323 g/mol. The largest absolute Gasteiger partial charge is 0.368 e. The molecule has 5 heteroatoms. The van der Waals surface area contributed by atoms with Crippen LogP contribution in [0, 0.1) is 0 Å². The van der Waals surface area contributed by atoms with E-state index in [0.717, 1.165) is 37.6 Å². The second-order valence-electron chi connectivity index (χ2n) is 5.86. The lowest BCUT2D eigenvalue weighted by atomic mass is 10.2. The number of hydrogen-bond acceptors (Lipinski definition) is 3. The Morgan fingerprint density at radius 3 is 2.29 bits per heavy atom. The van der Waals surface area contributed by atoms with Gasteiger partial charge < -0.3 is 15.1 Å². The van der Waals surface area contributed by atoms with Gasteiger partial charge in [0.25, 0.3) is 5.91 Å². The van der Waals surface area contributed by atoms with Crippen molar-refractivity contribution in [3.63, 3.8) is 0 Å². The predicted octanol–water partition coefficient (Wildman–Crippen LogP) is 2.61. The summed E-state index contributed by atoms with van der Waals surface area (Å²) >= 11 is 0. The number of rotatable bonds is 3. The molecule has 0 bridgehead atoms. The fourth-order valence-corrected chi connectivity index (χ4v) is 2.85. The van der Waals surface area contributed by atoms with E-state index in [1.165, 1.54) is 0 Å². The van der Waals surface area contributed by atoms with Crippen molar-refractivity contribution in [2.24, 2.45) is 0 Å². The third-order valence-corrected chi connectivity index (χ3v) is 4.23. The van der Waals surface area contributed by atoms with Gasteiger partial charge >= 0.3 is 0 Å². The first-order chi connectivity index (χ1) is 11.6. The Bertz CT molecular complexity index is 722. The van der Waals surface area contributed by atoms with Crippen LogP contribution in [0.5, 0.6) is 0 Å². The van der Waals surface area contributed by atoms with E-state index in [9.17, 15) is 9.59 Å². The molecule has 2 aromatic rings. The smallest absolute Gasteiger partial charge is 0.255 e. The minimum atomic E-state index is -0.117. The van der Waals surface area contributed by atoms with E-state index in [1.54, 1.807) is 19.1 Å². The summed E-state index contributed by atoms with van der Waals surface area (Å²) in [5.74, 6) is 0.00711. The molecule has 1 heterocycles. The van der Waals surface area contributed by atoms with Gasteiger partial charge in [0.15, 0.2) is 0 Å². The molecule has 1 fully saturated rings. The van der Waals surface area contributed by atoms with Crippen molar-refractivity contribution in [2.75, 3.05) is 36.4 Å². The average Bonchev–Trinajstić information content (AvgIpc) is 2.63. The number of nitrogens with one attached hydrogen (secondary N) is 1. The number of amides is 2. The molecule has 3 rings (SSSR count). The number of nitrogens with zero attached hydrogens (tertiary/aromatic N) is 2. The van der Waals surface area contributed by atoms with E-state index < -0.39 is 0 Å². The Labute approximate surface area is 141 Å². The number of piperazine rings is 1. The van der Waals surface area contributed by atoms with Gasteiger partial charge in [-0.2, -0.15) is 0 Å². The van der Waals surface area contributed by atoms with E-state index in [1.807, 2.05) is 47.4 Å². The molecule has 0 saturated carbocycles. The Morgan fingerprint density at radius 1 is 0.917 bits per heavy atom. The molecule has 0 spiro atoms. The topological polar surface area (TPSA) is 52.7 Å². The van der Waals surface area contributed by atoms with Crippen molar-refractivity contribution in [3.8, 4) is 0 Å². The van der Waals surface area contributed by atoms with Crippen molar-refractivity contribution in [1.82, 2.24) is 4.90 Å². The molecule has 0 aromatic heterocycles. The molecule has 0 aliphatic carbocycles. The zero-order chi connectivity index (χ0) is 16.9. The Morgan fingerprint density at radius 2 is 1.62 bits per heavy atom. The van der Waals surface area contributed by atoms with Crippen LogP contribution in [0.4, 0.5) is 11.4 Å².